The van der Waals surface area contributed by atoms with Gasteiger partial charge in [0, 0.05) is 96.5 Å². The number of ether oxygens (including phenoxy) is 7. The Kier molecular flexibility index (Phi) is 37.9. The summed E-state index contributed by atoms with van der Waals surface area (Å²) in [4.78, 5) is 113. The Labute approximate surface area is 606 Å². The number of imidazole rings is 1. The molecule has 0 radical (unpaired) electrons. The summed E-state index contributed by atoms with van der Waals surface area (Å²) >= 11 is 27.5. The van der Waals surface area contributed by atoms with Gasteiger partial charge >= 0.3 is 5.69 Å². The number of aromatic amines is 2. The Morgan fingerprint density at radius 2 is 1.07 bits per heavy atom. The van der Waals surface area contributed by atoms with Crippen molar-refractivity contribution >= 4 is 152 Å². The van der Waals surface area contributed by atoms with Crippen molar-refractivity contribution < 1.29 is 132 Å². The highest BCUT2D eigenvalue weighted by molar-refractivity contribution is 8.32. The summed E-state index contributed by atoms with van der Waals surface area (Å²) in [7, 11) is 13.0. The van der Waals surface area contributed by atoms with E-state index in [2.05, 4.69) is 109 Å². The highest BCUT2D eigenvalue weighted by Crippen LogP contribution is 2.50. The monoisotopic (exact) mass is 1670 g/mol. The van der Waals surface area contributed by atoms with Gasteiger partial charge in [-0.25, -0.2) is 9.78 Å². The van der Waals surface area contributed by atoms with E-state index in [4.69, 9.17) is 97.0 Å². The Bertz CT molecular complexity index is 3900. The molecule has 0 spiro atoms. The molecule has 3 aliphatic rings. The van der Waals surface area contributed by atoms with E-state index in [1.165, 1.54) is 58.7 Å². The second kappa shape index (κ2) is 42.0. The molecule has 3 aliphatic heterocycles. The minimum absolute atomic E-state index is 0.00568. The van der Waals surface area contributed by atoms with Gasteiger partial charge in [-0.15, -0.1) is 0 Å². The highest BCUT2D eigenvalue weighted by Gasteiger charge is 2.49. The lowest BCUT2D eigenvalue weighted by molar-refractivity contribution is -0.213. The number of aromatic nitrogens is 9. The molecule has 101 heavy (non-hydrogen) atoms. The Morgan fingerprint density at radius 1 is 0.604 bits per heavy atom. The van der Waals surface area contributed by atoms with E-state index >= 15 is 0 Å². The van der Waals surface area contributed by atoms with Crippen molar-refractivity contribution in [2.45, 2.75) is 86.5 Å². The van der Waals surface area contributed by atoms with Gasteiger partial charge in [0.1, 0.15) is 94.5 Å². The number of H-pyrrole nitrogens is 2. The normalized spacial score (nSPS) is 25.8. The predicted molar refractivity (Wildman–Crippen MR) is 368 cm³/mol. The van der Waals surface area contributed by atoms with Crippen LogP contribution in [0.15, 0.2) is 45.2 Å². The number of nitrogens with two attached hydrogens (primary N) is 3. The molecule has 0 saturated carbocycles. The number of aliphatic hydroxyl groups is 3. The Balaban J connectivity index is 0.000000275. The van der Waals surface area contributed by atoms with Crippen LogP contribution in [0.25, 0.3) is 22.2 Å². The first-order valence-electron chi connectivity index (χ1n) is 28.3. The fraction of sp³-hybridized carbons (Fsp3) is 0.674. The first-order chi connectivity index (χ1) is 47.2. The molecule has 5 aromatic heterocycles. The number of hydrogen-bond acceptors (Lipinski definition) is 44. The molecule has 0 bridgehead atoms. The van der Waals surface area contributed by atoms with Gasteiger partial charge in [0.05, 0.1) is 57.5 Å². The van der Waals surface area contributed by atoms with E-state index in [1.54, 1.807) is 23.9 Å². The van der Waals surface area contributed by atoms with E-state index in [0.717, 1.165) is 33.0 Å². The predicted octanol–water partition coefficient (Wildman–Crippen LogP) is -3.39. The van der Waals surface area contributed by atoms with Crippen LogP contribution in [0.1, 0.15) is 31.5 Å². The van der Waals surface area contributed by atoms with Crippen LogP contribution in [-0.2, 0) is 163 Å². The summed E-state index contributed by atoms with van der Waals surface area (Å²) in [6, 6.07) is 3.00. The molecule has 8 rings (SSSR count). The standard InChI is InChI=1S/C13H19N4O6PS.C12H18N5O7PS.C11H18N3O7PS.C5H14O7P2S2.C5H13O4PS/c1-20-6-9-8(23-24(19,25)21-2)5-10(22-9)17-4-3-7-11(17)15-13(14)16-12(7)18;1-21-3-5-8(24-25(20,26)22-2)7(18)11(23-5)17-4-14-6-9(17)15-12(13)16-10(6)19;1-18-5-6-9(21-22(17,23)19-2)8(15)10(20-6)14-4-3-7(12)13-11(14)16;1-9-13(7,15)11-3-5(6)4-12-14(8,16)10-2;1-7-4-3-5-9-10(6,11)8-2/h3-4,8-10H,5-6H2,1-2H3,(H,19,25)(H3,14,15,16,18);4-5,7-8,11,18H,3H2,1-2H3,(H,20,26)(H3,13,15,16,19);3-4,6,8-10,15H,5H2,1-2H3,(H,17,23)(H2,12,13,16);5-6H,3-4H2,1-2H3,(H,7,15)(H,8,16);3-5H2,1-2H3,(H,6,11)/p-6. The summed E-state index contributed by atoms with van der Waals surface area (Å²) < 4.78 is 110. The number of nitrogens with zero attached hydrogens (tertiary/aromatic N) is 7. The van der Waals surface area contributed by atoms with Gasteiger partial charge < -0.3 is 161 Å². The lowest BCUT2D eigenvalue weighted by Gasteiger charge is -2.31. The van der Waals surface area contributed by atoms with Crippen molar-refractivity contribution in [2.24, 2.45) is 0 Å². The van der Waals surface area contributed by atoms with Gasteiger partial charge in [0.2, 0.25) is 11.9 Å². The average Bonchev–Trinajstić information content (AvgIpc) is 1.58. The average molecular weight is 1670 g/mol. The topological polar surface area (TPSA) is 596 Å². The van der Waals surface area contributed by atoms with E-state index < -0.39 is 125 Å². The lowest BCUT2D eigenvalue weighted by Crippen LogP contribution is -2.38. The maximum absolute atomic E-state index is 12.0. The SMILES string of the molecule is COCC1OC(n2ccc(N)nc2=O)C(O)C1OP([O-])(=S)OC.COCC1OC(n2ccc3c(=O)[nH]c(N)nc32)CC1OP(=O)([S-])OC.COCC1OC(n2cnc3c(=O)[nH]c(N)nc32)C(O)C1OP([O-])(=S)OC.COCCCOP([O-])(=S)OC.COP([O-])(=S)OCC(O)COP([O-])(=S)OC. The number of methoxy groups -OCH3 is 4. The van der Waals surface area contributed by atoms with Crippen LogP contribution in [0.2, 0.25) is 0 Å². The van der Waals surface area contributed by atoms with E-state index in [0.29, 0.717) is 37.1 Å². The third-order valence-corrected chi connectivity index (χ3v) is 23.3. The Hall–Kier alpha value is -2.20. The molecule has 0 aromatic carbocycles. The van der Waals surface area contributed by atoms with Gasteiger partial charge in [0.25, 0.3) is 11.1 Å². The summed E-state index contributed by atoms with van der Waals surface area (Å²) in [6.07, 6.45) is -6.16. The molecule has 0 amide bonds. The van der Waals surface area contributed by atoms with Crippen LogP contribution in [0.4, 0.5) is 17.7 Å². The maximum Gasteiger partial charge on any atom is 0.351 e. The molecule has 11 N–H and O–H groups in total. The van der Waals surface area contributed by atoms with Gasteiger partial charge in [-0.2, -0.15) is 15.0 Å². The van der Waals surface area contributed by atoms with E-state index in [9.17, 15) is 58.7 Å². The molecule has 3 saturated heterocycles. The maximum atomic E-state index is 12.0. The van der Waals surface area contributed by atoms with Crippen molar-refractivity contribution in [2.75, 3.05) is 135 Å². The van der Waals surface area contributed by atoms with Gasteiger partial charge in [0.15, 0.2) is 36.1 Å². The number of hydrogen-bond donors (Lipinski definition) is 8. The van der Waals surface area contributed by atoms with Crippen LogP contribution < -0.4 is 58.5 Å². The largest absolute Gasteiger partial charge is 0.780 e. The molecule has 55 heteroatoms. The molecule has 8 heterocycles. The third kappa shape index (κ3) is 28.4. The van der Waals surface area contributed by atoms with Crippen LogP contribution in [0, 0.1) is 0 Å². The second-order valence-corrected chi connectivity index (χ2v) is 37.1. The van der Waals surface area contributed by atoms with Crippen LogP contribution >= 0.6 is 40.4 Å². The fourth-order valence-corrected chi connectivity index (χ4v) is 13.5. The molecule has 17 atom stereocenters. The van der Waals surface area contributed by atoms with Crippen molar-refractivity contribution in [1.29, 1.82) is 0 Å². The van der Waals surface area contributed by atoms with Gasteiger partial charge in [-0.3, -0.25) is 33.3 Å². The summed E-state index contributed by atoms with van der Waals surface area (Å²) in [5.74, 6) is -0.0760. The minimum atomic E-state index is -3.82. The second-order valence-electron chi connectivity index (χ2n) is 20.1. The summed E-state index contributed by atoms with van der Waals surface area (Å²) in [5, 5.41) is 30.7. The molecule has 578 valence electrons. The van der Waals surface area contributed by atoms with E-state index in [1.807, 2.05) is 0 Å². The van der Waals surface area contributed by atoms with Crippen molar-refractivity contribution in [1.82, 2.24) is 43.6 Å². The van der Waals surface area contributed by atoms with Crippen molar-refractivity contribution in [3.63, 3.8) is 0 Å². The minimum Gasteiger partial charge on any atom is -0.780 e. The van der Waals surface area contributed by atoms with Crippen molar-refractivity contribution in [3.8, 4) is 0 Å². The number of aliphatic hydroxyl groups excluding tert-OH is 3. The molecular weight excluding hydrogens is 1590 g/mol. The zero-order valence-electron chi connectivity index (χ0n) is 54.9. The number of anilines is 3. The quantitative estimate of drug-likeness (QED) is 0.0118. The van der Waals surface area contributed by atoms with Crippen LogP contribution in [0.5, 0.6) is 0 Å². The number of rotatable bonds is 32. The van der Waals surface area contributed by atoms with Gasteiger partial charge in [-0.05, 0) is 18.6 Å². The van der Waals surface area contributed by atoms with Crippen LogP contribution in [-0.4, -0.2) is 231 Å². The highest BCUT2D eigenvalue weighted by atomic mass is 32.7. The number of fused-ring (bicyclic) bond motifs is 2. The zero-order chi connectivity index (χ0) is 76.0. The Morgan fingerprint density at radius 3 is 1.54 bits per heavy atom. The molecule has 43 nitrogen and oxygen atoms in total. The summed E-state index contributed by atoms with van der Waals surface area (Å²) in [5.41, 5.74) is 15.6. The lowest BCUT2D eigenvalue weighted by atomic mass is 10.1. The first kappa shape index (κ1) is 91.2. The summed E-state index contributed by atoms with van der Waals surface area (Å²) in [6.45, 7) is -21.1. The van der Waals surface area contributed by atoms with Crippen LogP contribution in [0.3, 0.4) is 0 Å². The van der Waals surface area contributed by atoms with Gasteiger partial charge in [-0.1, -0.05) is 59.0 Å². The smallest absolute Gasteiger partial charge is 0.351 e. The van der Waals surface area contributed by atoms with Crippen molar-refractivity contribution in [3.05, 3.63) is 62.0 Å². The zero-order valence-corrected chi connectivity index (χ0v) is 65.2. The molecular formula is C46H76N12O31P6S6-6. The molecule has 5 aromatic rings. The number of nitrogens with one attached hydrogen (secondary N) is 2. The first-order valence-corrected chi connectivity index (χ1v) is 43.7. The molecule has 3 fully saturated rings. The number of nitrogen functional groups attached to an aromatic ring is 3. The fourth-order valence-electron chi connectivity index (χ4n) is 8.63. The molecule has 0 aliphatic carbocycles. The third-order valence-electron chi connectivity index (χ3n) is 13.3. The van der Waals surface area contributed by atoms with E-state index in [-0.39, 0.29) is 67.5 Å². The molecule has 17 unspecified atom stereocenters.